The number of rotatable bonds is 6. The standard InChI is InChI=1S/C13H18FNOS/c1-10-9-11(14)5-6-12(10)13(16)15-7-3-4-8-17-2/h5-6,9H,3-4,7-8H2,1-2H3,(H,15,16). The molecule has 0 spiro atoms. The Kier molecular flexibility index (Phi) is 6.05. The average molecular weight is 255 g/mol. The molecular weight excluding hydrogens is 237 g/mol. The summed E-state index contributed by atoms with van der Waals surface area (Å²) >= 11 is 1.81. The van der Waals surface area contributed by atoms with Gasteiger partial charge in [-0.25, -0.2) is 4.39 Å². The van der Waals surface area contributed by atoms with Gasteiger partial charge in [-0.05, 0) is 55.5 Å². The summed E-state index contributed by atoms with van der Waals surface area (Å²) in [6.45, 7) is 2.42. The van der Waals surface area contributed by atoms with Crippen LogP contribution in [-0.4, -0.2) is 24.5 Å². The van der Waals surface area contributed by atoms with E-state index in [-0.39, 0.29) is 11.7 Å². The second-order valence-corrected chi connectivity index (χ2v) is 4.90. The summed E-state index contributed by atoms with van der Waals surface area (Å²) in [5.74, 6) is 0.691. The number of halogens is 1. The van der Waals surface area contributed by atoms with Crippen LogP contribution in [-0.2, 0) is 0 Å². The first-order valence-electron chi connectivity index (χ1n) is 5.68. The molecule has 0 bridgehead atoms. The van der Waals surface area contributed by atoms with Crippen LogP contribution in [0.15, 0.2) is 18.2 Å². The summed E-state index contributed by atoms with van der Waals surface area (Å²) in [5, 5.41) is 2.85. The Balaban J connectivity index is 2.42. The highest BCUT2D eigenvalue weighted by Gasteiger charge is 2.08. The molecule has 1 amide bonds. The van der Waals surface area contributed by atoms with Crippen molar-refractivity contribution in [2.75, 3.05) is 18.6 Å². The summed E-state index contributed by atoms with van der Waals surface area (Å²) in [5.41, 5.74) is 1.22. The van der Waals surface area contributed by atoms with E-state index < -0.39 is 0 Å². The lowest BCUT2D eigenvalue weighted by molar-refractivity contribution is 0.0952. The van der Waals surface area contributed by atoms with Gasteiger partial charge in [-0.15, -0.1) is 0 Å². The van der Waals surface area contributed by atoms with E-state index in [0.717, 1.165) is 18.6 Å². The summed E-state index contributed by atoms with van der Waals surface area (Å²) in [4.78, 5) is 11.8. The lowest BCUT2D eigenvalue weighted by atomic mass is 10.1. The minimum atomic E-state index is -0.306. The van der Waals surface area contributed by atoms with Crippen LogP contribution in [0.2, 0.25) is 0 Å². The van der Waals surface area contributed by atoms with E-state index in [1.165, 1.54) is 18.2 Å². The Labute approximate surface area is 106 Å². The molecule has 0 aromatic heterocycles. The van der Waals surface area contributed by atoms with E-state index in [0.29, 0.717) is 17.7 Å². The van der Waals surface area contributed by atoms with Gasteiger partial charge in [0, 0.05) is 12.1 Å². The number of aryl methyl sites for hydroxylation is 1. The van der Waals surface area contributed by atoms with Gasteiger partial charge in [0.25, 0.3) is 5.91 Å². The lowest BCUT2D eigenvalue weighted by Gasteiger charge is -2.07. The van der Waals surface area contributed by atoms with Crippen molar-refractivity contribution in [1.82, 2.24) is 5.32 Å². The number of amides is 1. The minimum absolute atomic E-state index is 0.119. The summed E-state index contributed by atoms with van der Waals surface area (Å²) in [7, 11) is 0. The van der Waals surface area contributed by atoms with Gasteiger partial charge in [-0.2, -0.15) is 11.8 Å². The Hall–Kier alpha value is -1.03. The molecule has 2 nitrogen and oxygen atoms in total. The van der Waals surface area contributed by atoms with E-state index in [1.54, 1.807) is 18.7 Å². The first-order valence-corrected chi connectivity index (χ1v) is 7.08. The number of benzene rings is 1. The van der Waals surface area contributed by atoms with Crippen molar-refractivity contribution in [3.63, 3.8) is 0 Å². The first-order chi connectivity index (χ1) is 8.15. The van der Waals surface area contributed by atoms with E-state index in [9.17, 15) is 9.18 Å². The topological polar surface area (TPSA) is 29.1 Å². The van der Waals surface area contributed by atoms with Gasteiger partial charge in [0.2, 0.25) is 0 Å². The third-order valence-corrected chi connectivity index (χ3v) is 3.19. The zero-order valence-corrected chi connectivity index (χ0v) is 11.1. The molecule has 0 saturated carbocycles. The molecule has 0 unspecified atom stereocenters. The number of carbonyl (C=O) groups excluding carboxylic acids is 1. The third kappa shape index (κ3) is 4.77. The number of nitrogens with one attached hydrogen (secondary N) is 1. The van der Waals surface area contributed by atoms with E-state index in [2.05, 4.69) is 11.6 Å². The average Bonchev–Trinajstić information content (AvgIpc) is 2.28. The van der Waals surface area contributed by atoms with Crippen LogP contribution in [0.25, 0.3) is 0 Å². The highest BCUT2D eigenvalue weighted by atomic mass is 32.2. The van der Waals surface area contributed by atoms with Gasteiger partial charge in [-0.1, -0.05) is 0 Å². The number of hydrogen-bond acceptors (Lipinski definition) is 2. The van der Waals surface area contributed by atoms with Crippen molar-refractivity contribution in [1.29, 1.82) is 0 Å². The Morgan fingerprint density at radius 3 is 2.82 bits per heavy atom. The van der Waals surface area contributed by atoms with Crippen LogP contribution >= 0.6 is 11.8 Å². The summed E-state index contributed by atoms with van der Waals surface area (Å²) in [6, 6.07) is 4.22. The number of thioether (sulfide) groups is 1. The number of unbranched alkanes of at least 4 members (excludes halogenated alkanes) is 1. The zero-order valence-electron chi connectivity index (χ0n) is 10.3. The SMILES string of the molecule is CSCCCCNC(=O)c1ccc(F)cc1C. The largest absolute Gasteiger partial charge is 0.352 e. The summed E-state index contributed by atoms with van der Waals surface area (Å²) < 4.78 is 12.9. The quantitative estimate of drug-likeness (QED) is 0.792. The van der Waals surface area contributed by atoms with Crippen molar-refractivity contribution in [2.45, 2.75) is 19.8 Å². The van der Waals surface area contributed by atoms with E-state index in [1.807, 2.05) is 0 Å². The molecule has 1 aromatic rings. The molecule has 4 heteroatoms. The fourth-order valence-electron chi connectivity index (χ4n) is 1.55. The number of hydrogen-bond donors (Lipinski definition) is 1. The highest BCUT2D eigenvalue weighted by Crippen LogP contribution is 2.09. The van der Waals surface area contributed by atoms with Crippen molar-refractivity contribution in [3.8, 4) is 0 Å². The van der Waals surface area contributed by atoms with Gasteiger partial charge in [0.1, 0.15) is 5.82 Å². The smallest absolute Gasteiger partial charge is 0.251 e. The molecule has 17 heavy (non-hydrogen) atoms. The Bertz CT molecular complexity index is 382. The first kappa shape index (κ1) is 14.0. The monoisotopic (exact) mass is 255 g/mol. The van der Waals surface area contributed by atoms with Gasteiger partial charge in [0.05, 0.1) is 0 Å². The van der Waals surface area contributed by atoms with Crippen LogP contribution < -0.4 is 5.32 Å². The molecule has 0 aliphatic heterocycles. The van der Waals surface area contributed by atoms with E-state index in [4.69, 9.17) is 0 Å². The minimum Gasteiger partial charge on any atom is -0.352 e. The van der Waals surface area contributed by atoms with Crippen molar-refractivity contribution < 1.29 is 9.18 Å². The second-order valence-electron chi connectivity index (χ2n) is 3.92. The maximum Gasteiger partial charge on any atom is 0.251 e. The Morgan fingerprint density at radius 2 is 2.18 bits per heavy atom. The highest BCUT2D eigenvalue weighted by molar-refractivity contribution is 7.98. The normalized spacial score (nSPS) is 10.3. The maximum absolute atomic E-state index is 12.9. The maximum atomic E-state index is 12.9. The van der Waals surface area contributed by atoms with Gasteiger partial charge in [-0.3, -0.25) is 4.79 Å². The molecule has 0 saturated heterocycles. The zero-order chi connectivity index (χ0) is 12.7. The molecule has 0 heterocycles. The lowest BCUT2D eigenvalue weighted by Crippen LogP contribution is -2.25. The molecule has 0 radical (unpaired) electrons. The molecule has 0 fully saturated rings. The molecule has 1 rings (SSSR count). The van der Waals surface area contributed by atoms with Gasteiger partial charge < -0.3 is 5.32 Å². The van der Waals surface area contributed by atoms with Crippen LogP contribution in [0.3, 0.4) is 0 Å². The van der Waals surface area contributed by atoms with Crippen molar-refractivity contribution in [2.24, 2.45) is 0 Å². The van der Waals surface area contributed by atoms with Crippen LogP contribution in [0.4, 0.5) is 4.39 Å². The predicted molar refractivity (Wildman–Crippen MR) is 71.1 cm³/mol. The van der Waals surface area contributed by atoms with Crippen LogP contribution in [0, 0.1) is 12.7 Å². The van der Waals surface area contributed by atoms with Crippen LogP contribution in [0.1, 0.15) is 28.8 Å². The molecule has 0 aliphatic rings. The Morgan fingerprint density at radius 1 is 1.41 bits per heavy atom. The molecular formula is C13H18FNOS. The molecule has 94 valence electrons. The molecule has 0 atom stereocenters. The predicted octanol–water partition coefficient (Wildman–Crippen LogP) is 3.01. The molecule has 1 N–H and O–H groups in total. The van der Waals surface area contributed by atoms with E-state index >= 15 is 0 Å². The summed E-state index contributed by atoms with van der Waals surface area (Å²) in [6.07, 6.45) is 4.15. The second kappa shape index (κ2) is 7.33. The fourth-order valence-corrected chi connectivity index (χ4v) is 2.04. The van der Waals surface area contributed by atoms with Gasteiger partial charge in [0.15, 0.2) is 0 Å². The molecule has 1 aromatic carbocycles. The van der Waals surface area contributed by atoms with Crippen LogP contribution in [0.5, 0.6) is 0 Å². The van der Waals surface area contributed by atoms with Crippen molar-refractivity contribution >= 4 is 17.7 Å². The van der Waals surface area contributed by atoms with Crippen molar-refractivity contribution in [3.05, 3.63) is 35.1 Å². The third-order valence-electron chi connectivity index (χ3n) is 2.49. The molecule has 0 aliphatic carbocycles. The fraction of sp³-hybridized carbons (Fsp3) is 0.462. The number of carbonyl (C=O) groups is 1. The van der Waals surface area contributed by atoms with Gasteiger partial charge >= 0.3 is 0 Å².